The largest absolute Gasteiger partial charge is 0.394 e. The van der Waals surface area contributed by atoms with Crippen LogP contribution in [-0.4, -0.2) is 66.9 Å². The van der Waals surface area contributed by atoms with E-state index in [2.05, 4.69) is 0 Å². The highest BCUT2D eigenvalue weighted by atomic mass is 16.7. The van der Waals surface area contributed by atoms with Gasteiger partial charge in [0.05, 0.1) is 6.61 Å². The summed E-state index contributed by atoms with van der Waals surface area (Å²) in [6.07, 6.45) is -4.52. The molecule has 6 heteroatoms. The van der Waals surface area contributed by atoms with Gasteiger partial charge in [0.1, 0.15) is 24.4 Å². The SMILES string of the molecule is COC1C(OC)[C@@H](O)OC(CO)[C@H]1O. The Morgan fingerprint density at radius 1 is 1.14 bits per heavy atom. The van der Waals surface area contributed by atoms with E-state index in [9.17, 15) is 10.2 Å². The molecule has 1 aliphatic rings. The van der Waals surface area contributed by atoms with Crippen molar-refractivity contribution in [2.45, 2.75) is 30.7 Å². The molecule has 1 aliphatic heterocycles. The van der Waals surface area contributed by atoms with Crippen molar-refractivity contribution < 1.29 is 29.5 Å². The van der Waals surface area contributed by atoms with Gasteiger partial charge in [-0.15, -0.1) is 0 Å². The summed E-state index contributed by atoms with van der Waals surface area (Å²) in [5.41, 5.74) is 0. The van der Waals surface area contributed by atoms with E-state index in [4.69, 9.17) is 19.3 Å². The lowest BCUT2D eigenvalue weighted by Gasteiger charge is -2.40. The lowest BCUT2D eigenvalue weighted by molar-refractivity contribution is -0.295. The van der Waals surface area contributed by atoms with E-state index in [0.717, 1.165) is 0 Å². The zero-order valence-electron chi connectivity index (χ0n) is 8.16. The third kappa shape index (κ3) is 2.05. The molecule has 3 N–H and O–H groups in total. The summed E-state index contributed by atoms with van der Waals surface area (Å²) < 4.78 is 14.8. The summed E-state index contributed by atoms with van der Waals surface area (Å²) >= 11 is 0. The van der Waals surface area contributed by atoms with Gasteiger partial charge in [-0.3, -0.25) is 0 Å². The highest BCUT2D eigenvalue weighted by Gasteiger charge is 2.44. The second-order valence-corrected chi connectivity index (χ2v) is 3.14. The number of aliphatic hydroxyl groups is 3. The van der Waals surface area contributed by atoms with Crippen LogP contribution in [-0.2, 0) is 14.2 Å². The highest BCUT2D eigenvalue weighted by Crippen LogP contribution is 2.23. The van der Waals surface area contributed by atoms with Crippen LogP contribution in [0.1, 0.15) is 0 Å². The maximum atomic E-state index is 9.65. The Morgan fingerprint density at radius 3 is 2.14 bits per heavy atom. The van der Waals surface area contributed by atoms with Crippen LogP contribution in [0.15, 0.2) is 0 Å². The molecule has 0 saturated carbocycles. The normalized spacial score (nSPS) is 43.9. The molecule has 6 nitrogen and oxygen atoms in total. The first-order valence-corrected chi connectivity index (χ1v) is 4.33. The van der Waals surface area contributed by atoms with Gasteiger partial charge < -0.3 is 29.5 Å². The van der Waals surface area contributed by atoms with Crippen molar-refractivity contribution in [3.05, 3.63) is 0 Å². The summed E-state index contributed by atoms with van der Waals surface area (Å²) in [4.78, 5) is 0. The molecule has 0 radical (unpaired) electrons. The van der Waals surface area contributed by atoms with Crippen LogP contribution in [0.4, 0.5) is 0 Å². The van der Waals surface area contributed by atoms with E-state index < -0.39 is 30.7 Å². The van der Waals surface area contributed by atoms with Gasteiger partial charge in [0.2, 0.25) is 0 Å². The molecule has 5 atom stereocenters. The number of hydrogen-bond donors (Lipinski definition) is 3. The Hall–Kier alpha value is -0.240. The number of rotatable bonds is 3. The first-order chi connectivity index (χ1) is 6.65. The van der Waals surface area contributed by atoms with Gasteiger partial charge >= 0.3 is 0 Å². The van der Waals surface area contributed by atoms with E-state index in [1.165, 1.54) is 14.2 Å². The molecule has 0 spiro atoms. The Kier molecular flexibility index (Phi) is 4.24. The second-order valence-electron chi connectivity index (χ2n) is 3.14. The van der Waals surface area contributed by atoms with Gasteiger partial charge in [0.15, 0.2) is 6.29 Å². The van der Waals surface area contributed by atoms with E-state index in [0.29, 0.717) is 0 Å². The van der Waals surface area contributed by atoms with Crippen LogP contribution < -0.4 is 0 Å². The molecule has 0 amide bonds. The first-order valence-electron chi connectivity index (χ1n) is 4.33. The Morgan fingerprint density at radius 2 is 1.71 bits per heavy atom. The van der Waals surface area contributed by atoms with Crippen LogP contribution in [0.3, 0.4) is 0 Å². The van der Waals surface area contributed by atoms with E-state index in [1.807, 2.05) is 0 Å². The second kappa shape index (κ2) is 5.01. The first kappa shape index (κ1) is 11.8. The molecule has 1 fully saturated rings. The van der Waals surface area contributed by atoms with Crippen LogP contribution in [0.25, 0.3) is 0 Å². The summed E-state index contributed by atoms with van der Waals surface area (Å²) in [6.45, 7) is -0.380. The Bertz CT molecular complexity index is 175. The topological polar surface area (TPSA) is 88.4 Å². The zero-order valence-corrected chi connectivity index (χ0v) is 8.16. The maximum Gasteiger partial charge on any atom is 0.184 e. The molecule has 1 saturated heterocycles. The molecule has 1 rings (SSSR count). The number of aliphatic hydroxyl groups excluding tert-OH is 3. The van der Waals surface area contributed by atoms with E-state index in [1.54, 1.807) is 0 Å². The molecule has 1 heterocycles. The molecule has 0 aromatic carbocycles. The minimum Gasteiger partial charge on any atom is -0.394 e. The fourth-order valence-corrected chi connectivity index (χ4v) is 1.58. The predicted octanol–water partition coefficient (Wildman–Crippen LogP) is -1.91. The van der Waals surface area contributed by atoms with Crippen molar-refractivity contribution in [1.29, 1.82) is 0 Å². The average molecular weight is 208 g/mol. The van der Waals surface area contributed by atoms with Crippen molar-refractivity contribution >= 4 is 0 Å². The molecular weight excluding hydrogens is 192 g/mol. The molecule has 14 heavy (non-hydrogen) atoms. The van der Waals surface area contributed by atoms with E-state index >= 15 is 0 Å². The summed E-state index contributed by atoms with van der Waals surface area (Å²) in [6, 6.07) is 0. The lowest BCUT2D eigenvalue weighted by atomic mass is 9.99. The van der Waals surface area contributed by atoms with Gasteiger partial charge in [-0.1, -0.05) is 0 Å². The molecular formula is C8H16O6. The Balaban J connectivity index is 2.73. The van der Waals surface area contributed by atoms with Gasteiger partial charge in [-0.05, 0) is 0 Å². The summed E-state index contributed by atoms with van der Waals surface area (Å²) in [7, 11) is 2.78. The van der Waals surface area contributed by atoms with Crippen LogP contribution in [0.2, 0.25) is 0 Å². The molecule has 84 valence electrons. The molecule has 0 bridgehead atoms. The van der Waals surface area contributed by atoms with Crippen molar-refractivity contribution in [3.63, 3.8) is 0 Å². The predicted molar refractivity (Wildman–Crippen MR) is 45.6 cm³/mol. The third-order valence-corrected chi connectivity index (χ3v) is 2.36. The highest BCUT2D eigenvalue weighted by molar-refractivity contribution is 4.90. The van der Waals surface area contributed by atoms with Crippen molar-refractivity contribution in [1.82, 2.24) is 0 Å². The standard InChI is InChI=1S/C8H16O6/c1-12-6-5(10)4(3-9)14-8(11)7(6)13-2/h4-11H,3H2,1-2H3/t4?,5-,6?,7?,8+/m1/s1. The third-order valence-electron chi connectivity index (χ3n) is 2.36. The summed E-state index contributed by atoms with van der Waals surface area (Å²) in [5, 5.41) is 27.9. The molecule has 0 aromatic heterocycles. The van der Waals surface area contributed by atoms with Gasteiger partial charge in [0, 0.05) is 14.2 Å². The number of methoxy groups -OCH3 is 2. The quantitative estimate of drug-likeness (QED) is 0.501. The number of ether oxygens (including phenoxy) is 3. The van der Waals surface area contributed by atoms with Gasteiger partial charge in [0.25, 0.3) is 0 Å². The monoisotopic (exact) mass is 208 g/mol. The van der Waals surface area contributed by atoms with Gasteiger partial charge in [-0.25, -0.2) is 0 Å². The smallest absolute Gasteiger partial charge is 0.184 e. The average Bonchev–Trinajstić information content (AvgIpc) is 2.20. The fourth-order valence-electron chi connectivity index (χ4n) is 1.58. The molecule has 0 aliphatic carbocycles. The minimum atomic E-state index is -1.20. The maximum absolute atomic E-state index is 9.65. The zero-order chi connectivity index (χ0) is 10.7. The summed E-state index contributed by atoms with van der Waals surface area (Å²) in [5.74, 6) is 0. The van der Waals surface area contributed by atoms with Gasteiger partial charge in [-0.2, -0.15) is 0 Å². The lowest BCUT2D eigenvalue weighted by Crippen LogP contribution is -2.59. The number of hydrogen-bond acceptors (Lipinski definition) is 6. The fraction of sp³-hybridized carbons (Fsp3) is 1.00. The van der Waals surface area contributed by atoms with Crippen LogP contribution in [0.5, 0.6) is 0 Å². The van der Waals surface area contributed by atoms with Crippen LogP contribution in [0, 0.1) is 0 Å². The molecule has 0 aromatic rings. The molecule has 3 unspecified atom stereocenters. The Labute approximate surface area is 82.0 Å². The van der Waals surface area contributed by atoms with Crippen LogP contribution >= 0.6 is 0 Å². The minimum absolute atomic E-state index is 0.380. The van der Waals surface area contributed by atoms with Crippen molar-refractivity contribution in [2.24, 2.45) is 0 Å². The van der Waals surface area contributed by atoms with Crippen molar-refractivity contribution in [3.8, 4) is 0 Å². The van der Waals surface area contributed by atoms with E-state index in [-0.39, 0.29) is 6.61 Å². The van der Waals surface area contributed by atoms with Crippen molar-refractivity contribution in [2.75, 3.05) is 20.8 Å².